The molecule has 0 atom stereocenters. The first kappa shape index (κ1) is 17.2. The number of nitrogens with zero attached hydrogens (tertiary/aromatic N) is 2. The van der Waals surface area contributed by atoms with E-state index >= 15 is 0 Å². The largest absolute Gasteiger partial charge is 0.371 e. The van der Waals surface area contributed by atoms with Gasteiger partial charge in [0.2, 0.25) is 5.91 Å². The smallest absolute Gasteiger partial charge is 0.292 e. The van der Waals surface area contributed by atoms with Crippen LogP contribution in [0.25, 0.3) is 0 Å². The second-order valence-electron chi connectivity index (χ2n) is 5.70. The first-order chi connectivity index (χ1) is 11.1. The standard InChI is InChI=1S/C16H24N4O3/c1-2-11-19(13-7-9-17-10-8-13)16(21)12-18-14-5-3-4-6-15(14)20(22)23/h3-6,13,17-18H,2,7-12H2,1H3. The lowest BCUT2D eigenvalue weighted by molar-refractivity contribution is -0.383. The predicted molar refractivity (Wildman–Crippen MR) is 89.5 cm³/mol. The molecule has 1 aliphatic rings. The SMILES string of the molecule is CCCN(C(=O)CNc1ccccc1[N+](=O)[O-])C1CCNCC1. The maximum atomic E-state index is 12.6. The number of nitro groups is 1. The molecule has 23 heavy (non-hydrogen) atoms. The van der Waals surface area contributed by atoms with Crippen LogP contribution in [0.1, 0.15) is 26.2 Å². The minimum atomic E-state index is -0.441. The molecule has 1 amide bonds. The number of carbonyl (C=O) groups excluding carboxylic acids is 1. The summed E-state index contributed by atoms with van der Waals surface area (Å²) in [5.74, 6) is -0.00287. The van der Waals surface area contributed by atoms with Crippen LogP contribution in [0.15, 0.2) is 24.3 Å². The number of hydrogen-bond acceptors (Lipinski definition) is 5. The van der Waals surface area contributed by atoms with Crippen molar-refractivity contribution in [2.75, 3.05) is 31.5 Å². The van der Waals surface area contributed by atoms with E-state index in [1.54, 1.807) is 18.2 Å². The molecule has 1 saturated heterocycles. The Morgan fingerprint density at radius 2 is 2.09 bits per heavy atom. The van der Waals surface area contributed by atoms with Gasteiger partial charge >= 0.3 is 0 Å². The van der Waals surface area contributed by atoms with Gasteiger partial charge in [0, 0.05) is 18.7 Å². The van der Waals surface area contributed by atoms with Gasteiger partial charge in [0.15, 0.2) is 0 Å². The summed E-state index contributed by atoms with van der Waals surface area (Å²) in [4.78, 5) is 25.1. The molecule has 126 valence electrons. The predicted octanol–water partition coefficient (Wildman–Crippen LogP) is 2.00. The van der Waals surface area contributed by atoms with E-state index in [1.807, 2.05) is 4.90 Å². The molecule has 1 aliphatic heterocycles. The zero-order valence-corrected chi connectivity index (χ0v) is 13.5. The molecule has 1 fully saturated rings. The zero-order chi connectivity index (χ0) is 16.7. The molecule has 0 radical (unpaired) electrons. The van der Waals surface area contributed by atoms with Gasteiger partial charge in [0.25, 0.3) is 5.69 Å². The topological polar surface area (TPSA) is 87.5 Å². The molecule has 1 aromatic carbocycles. The molecule has 1 heterocycles. The van der Waals surface area contributed by atoms with Crippen molar-refractivity contribution in [1.29, 1.82) is 0 Å². The van der Waals surface area contributed by atoms with Crippen LogP contribution in [0.2, 0.25) is 0 Å². The number of para-hydroxylation sites is 2. The summed E-state index contributed by atoms with van der Waals surface area (Å²) < 4.78 is 0. The van der Waals surface area contributed by atoms with Crippen molar-refractivity contribution in [2.24, 2.45) is 0 Å². The van der Waals surface area contributed by atoms with Gasteiger partial charge in [-0.1, -0.05) is 19.1 Å². The molecule has 7 nitrogen and oxygen atoms in total. The Morgan fingerprint density at radius 3 is 2.74 bits per heavy atom. The highest BCUT2D eigenvalue weighted by Crippen LogP contribution is 2.23. The lowest BCUT2D eigenvalue weighted by atomic mass is 10.0. The fraction of sp³-hybridized carbons (Fsp3) is 0.562. The third-order valence-electron chi connectivity index (χ3n) is 4.07. The lowest BCUT2D eigenvalue weighted by Crippen LogP contribution is -2.48. The maximum Gasteiger partial charge on any atom is 0.292 e. The fourth-order valence-corrected chi connectivity index (χ4v) is 2.92. The molecular weight excluding hydrogens is 296 g/mol. The summed E-state index contributed by atoms with van der Waals surface area (Å²) in [5.41, 5.74) is 0.372. The summed E-state index contributed by atoms with van der Waals surface area (Å²) in [7, 11) is 0. The average molecular weight is 320 g/mol. The number of carbonyl (C=O) groups is 1. The fourth-order valence-electron chi connectivity index (χ4n) is 2.92. The summed E-state index contributed by atoms with van der Waals surface area (Å²) >= 11 is 0. The number of hydrogen-bond donors (Lipinski definition) is 2. The van der Waals surface area contributed by atoms with E-state index < -0.39 is 4.92 Å². The van der Waals surface area contributed by atoms with Crippen molar-refractivity contribution in [1.82, 2.24) is 10.2 Å². The van der Waals surface area contributed by atoms with Crippen LogP contribution in [0, 0.1) is 10.1 Å². The van der Waals surface area contributed by atoms with Crippen molar-refractivity contribution in [3.05, 3.63) is 34.4 Å². The molecular formula is C16H24N4O3. The van der Waals surface area contributed by atoms with E-state index in [4.69, 9.17) is 0 Å². The normalized spacial score (nSPS) is 15.2. The Labute approximate surface area is 136 Å². The molecule has 0 aliphatic carbocycles. The number of amides is 1. The van der Waals surface area contributed by atoms with Crippen LogP contribution in [0.3, 0.4) is 0 Å². The van der Waals surface area contributed by atoms with Crippen LogP contribution in [-0.2, 0) is 4.79 Å². The Balaban J connectivity index is 2.00. The highest BCUT2D eigenvalue weighted by atomic mass is 16.6. The molecule has 0 unspecified atom stereocenters. The number of nitrogens with one attached hydrogen (secondary N) is 2. The van der Waals surface area contributed by atoms with Crippen molar-refractivity contribution in [3.8, 4) is 0 Å². The zero-order valence-electron chi connectivity index (χ0n) is 13.5. The van der Waals surface area contributed by atoms with E-state index in [2.05, 4.69) is 17.6 Å². The number of benzene rings is 1. The van der Waals surface area contributed by atoms with Crippen LogP contribution in [0.4, 0.5) is 11.4 Å². The number of rotatable bonds is 7. The van der Waals surface area contributed by atoms with E-state index in [0.717, 1.165) is 38.9 Å². The minimum Gasteiger partial charge on any atom is -0.371 e. The van der Waals surface area contributed by atoms with Gasteiger partial charge in [-0.15, -0.1) is 0 Å². The van der Waals surface area contributed by atoms with Crippen molar-refractivity contribution < 1.29 is 9.72 Å². The quantitative estimate of drug-likeness (QED) is 0.592. The van der Waals surface area contributed by atoms with Crippen LogP contribution in [-0.4, -0.2) is 48.0 Å². The van der Waals surface area contributed by atoms with E-state index in [0.29, 0.717) is 5.69 Å². The molecule has 7 heteroatoms. The van der Waals surface area contributed by atoms with Gasteiger partial charge in [0.1, 0.15) is 5.69 Å². The molecule has 0 bridgehead atoms. The van der Waals surface area contributed by atoms with E-state index in [1.165, 1.54) is 6.07 Å². The Kier molecular flexibility index (Phi) is 6.34. The summed E-state index contributed by atoms with van der Waals surface area (Å²) in [6, 6.07) is 6.65. The molecule has 0 aromatic heterocycles. The van der Waals surface area contributed by atoms with Gasteiger partial charge < -0.3 is 15.5 Å². The number of piperidine rings is 1. The maximum absolute atomic E-state index is 12.6. The molecule has 0 saturated carbocycles. The lowest BCUT2D eigenvalue weighted by Gasteiger charge is -2.34. The second kappa shape index (κ2) is 8.47. The summed E-state index contributed by atoms with van der Waals surface area (Å²) in [5, 5.41) is 17.2. The Morgan fingerprint density at radius 1 is 1.39 bits per heavy atom. The van der Waals surface area contributed by atoms with Gasteiger partial charge in [-0.25, -0.2) is 0 Å². The molecule has 2 N–H and O–H groups in total. The number of anilines is 1. The van der Waals surface area contributed by atoms with Crippen LogP contribution < -0.4 is 10.6 Å². The Hall–Kier alpha value is -2.15. The van der Waals surface area contributed by atoms with Crippen molar-refractivity contribution in [2.45, 2.75) is 32.2 Å². The van der Waals surface area contributed by atoms with Gasteiger partial charge in [0.05, 0.1) is 11.5 Å². The summed E-state index contributed by atoms with van der Waals surface area (Å²) in [6.45, 7) is 4.71. The third kappa shape index (κ3) is 4.66. The minimum absolute atomic E-state index is 0.00287. The monoisotopic (exact) mass is 320 g/mol. The van der Waals surface area contributed by atoms with Gasteiger partial charge in [-0.2, -0.15) is 0 Å². The first-order valence-electron chi connectivity index (χ1n) is 8.11. The number of nitro benzene ring substituents is 1. The summed E-state index contributed by atoms with van der Waals surface area (Å²) in [6.07, 6.45) is 2.82. The van der Waals surface area contributed by atoms with Crippen molar-refractivity contribution >= 4 is 17.3 Å². The molecule has 0 spiro atoms. The third-order valence-corrected chi connectivity index (χ3v) is 4.07. The first-order valence-corrected chi connectivity index (χ1v) is 8.11. The van der Waals surface area contributed by atoms with Crippen molar-refractivity contribution in [3.63, 3.8) is 0 Å². The van der Waals surface area contributed by atoms with Gasteiger partial charge in [-0.3, -0.25) is 14.9 Å². The van der Waals surface area contributed by atoms with Crippen LogP contribution in [0.5, 0.6) is 0 Å². The van der Waals surface area contributed by atoms with E-state index in [-0.39, 0.29) is 24.2 Å². The van der Waals surface area contributed by atoms with Gasteiger partial charge in [-0.05, 0) is 38.4 Å². The highest BCUT2D eigenvalue weighted by Gasteiger charge is 2.24. The Bertz CT molecular complexity index is 544. The second-order valence-corrected chi connectivity index (χ2v) is 5.70. The van der Waals surface area contributed by atoms with E-state index in [9.17, 15) is 14.9 Å². The van der Waals surface area contributed by atoms with Crippen LogP contribution >= 0.6 is 0 Å². The molecule has 1 aromatic rings. The average Bonchev–Trinajstić information content (AvgIpc) is 2.58. The highest BCUT2D eigenvalue weighted by molar-refractivity contribution is 5.82. The molecule has 2 rings (SSSR count).